The van der Waals surface area contributed by atoms with Crippen molar-refractivity contribution in [3.05, 3.63) is 65.7 Å². The molecule has 6 nitrogen and oxygen atoms in total. The molecule has 2 aromatic carbocycles. The minimum Gasteiger partial charge on any atom is -0.481 e. The summed E-state index contributed by atoms with van der Waals surface area (Å²) in [6, 6.07) is 17.5. The maximum atomic E-state index is 13.5. The minimum atomic E-state index is -0.883. The van der Waals surface area contributed by atoms with Gasteiger partial charge in [0.05, 0.1) is 0 Å². The summed E-state index contributed by atoms with van der Waals surface area (Å²) >= 11 is 0. The minimum absolute atomic E-state index is 0.000931. The molecule has 3 atom stereocenters. The molecule has 0 bridgehead atoms. The van der Waals surface area contributed by atoms with Crippen LogP contribution < -0.4 is 10.2 Å². The van der Waals surface area contributed by atoms with E-state index in [0.29, 0.717) is 24.4 Å². The molecule has 2 aliphatic rings. The Morgan fingerprint density at radius 2 is 1.71 bits per heavy atom. The Labute approximate surface area is 182 Å². The van der Waals surface area contributed by atoms with Crippen LogP contribution in [-0.4, -0.2) is 35.5 Å². The molecule has 2 amide bonds. The van der Waals surface area contributed by atoms with E-state index in [-0.39, 0.29) is 36.6 Å². The van der Waals surface area contributed by atoms with Gasteiger partial charge in [0.1, 0.15) is 0 Å². The highest BCUT2D eigenvalue weighted by Crippen LogP contribution is 2.49. The summed E-state index contributed by atoms with van der Waals surface area (Å²) < 4.78 is 0. The van der Waals surface area contributed by atoms with Gasteiger partial charge in [-0.25, -0.2) is 0 Å². The molecule has 1 saturated carbocycles. The van der Waals surface area contributed by atoms with E-state index >= 15 is 0 Å². The van der Waals surface area contributed by atoms with E-state index in [9.17, 15) is 14.4 Å². The highest BCUT2D eigenvalue weighted by molar-refractivity contribution is 6.07. The molecule has 1 heterocycles. The van der Waals surface area contributed by atoms with Gasteiger partial charge in [-0.1, -0.05) is 42.8 Å². The lowest BCUT2D eigenvalue weighted by molar-refractivity contribution is -0.137. The number of carbonyl (C=O) groups is 3. The molecule has 1 aliphatic carbocycles. The van der Waals surface area contributed by atoms with Crippen LogP contribution in [-0.2, 0) is 9.59 Å². The van der Waals surface area contributed by atoms with Crippen LogP contribution in [0.2, 0.25) is 0 Å². The van der Waals surface area contributed by atoms with Gasteiger partial charge in [0.25, 0.3) is 5.91 Å². The van der Waals surface area contributed by atoms with Gasteiger partial charge in [-0.15, -0.1) is 0 Å². The first kappa shape index (κ1) is 21.1. The van der Waals surface area contributed by atoms with Gasteiger partial charge < -0.3 is 15.3 Å². The summed E-state index contributed by atoms with van der Waals surface area (Å²) in [7, 11) is 0. The van der Waals surface area contributed by atoms with Crippen LogP contribution in [0.4, 0.5) is 5.69 Å². The zero-order chi connectivity index (χ0) is 21.8. The molecule has 3 unspecified atom stereocenters. The molecule has 0 radical (unpaired) electrons. The van der Waals surface area contributed by atoms with E-state index < -0.39 is 5.97 Å². The third-order valence-corrected chi connectivity index (χ3v) is 6.53. The Morgan fingerprint density at radius 1 is 0.968 bits per heavy atom. The Balaban J connectivity index is 1.56. The maximum Gasteiger partial charge on any atom is 0.303 e. The number of nitrogens with zero attached hydrogens (tertiary/aromatic N) is 1. The summed E-state index contributed by atoms with van der Waals surface area (Å²) in [4.78, 5) is 38.4. The third-order valence-electron chi connectivity index (χ3n) is 6.53. The zero-order valence-electron chi connectivity index (χ0n) is 17.5. The number of benzene rings is 2. The van der Waals surface area contributed by atoms with Crippen molar-refractivity contribution in [1.29, 1.82) is 0 Å². The van der Waals surface area contributed by atoms with Gasteiger partial charge in [0, 0.05) is 42.6 Å². The van der Waals surface area contributed by atoms with E-state index in [4.69, 9.17) is 5.11 Å². The Bertz CT molecular complexity index is 959. The number of carboxylic acids is 1. The normalized spacial score (nSPS) is 21.8. The Kier molecular flexibility index (Phi) is 6.35. The largest absolute Gasteiger partial charge is 0.481 e. The fourth-order valence-electron chi connectivity index (χ4n) is 5.14. The highest BCUT2D eigenvalue weighted by Gasteiger charge is 2.45. The number of aliphatic carboxylic acids is 1. The van der Waals surface area contributed by atoms with E-state index in [2.05, 4.69) is 11.4 Å². The van der Waals surface area contributed by atoms with Crippen molar-refractivity contribution in [2.75, 3.05) is 11.4 Å². The van der Waals surface area contributed by atoms with Gasteiger partial charge in [0.15, 0.2) is 0 Å². The second-order valence-corrected chi connectivity index (χ2v) is 8.42. The maximum absolute atomic E-state index is 13.5. The molecule has 162 valence electrons. The summed E-state index contributed by atoms with van der Waals surface area (Å²) in [5.74, 6) is -0.531. The Morgan fingerprint density at radius 3 is 2.48 bits per heavy atom. The number of carboxylic acid groups (broad SMARTS) is 1. The van der Waals surface area contributed by atoms with Gasteiger partial charge in [-0.3, -0.25) is 14.4 Å². The van der Waals surface area contributed by atoms with Gasteiger partial charge in [0.2, 0.25) is 5.91 Å². The molecule has 1 aliphatic heterocycles. The first-order valence-corrected chi connectivity index (χ1v) is 11.0. The van der Waals surface area contributed by atoms with Crippen LogP contribution in [0.1, 0.15) is 60.4 Å². The molecule has 0 spiro atoms. The smallest absolute Gasteiger partial charge is 0.303 e. The second kappa shape index (κ2) is 9.33. The molecule has 2 N–H and O–H groups in total. The predicted molar refractivity (Wildman–Crippen MR) is 118 cm³/mol. The summed E-state index contributed by atoms with van der Waals surface area (Å²) in [6.07, 6.45) is 3.60. The average molecular weight is 421 g/mol. The monoisotopic (exact) mass is 420 g/mol. The fraction of sp³-hybridized carbons (Fsp3) is 0.400. The molecular formula is C25H28N2O4. The number of carbonyl (C=O) groups excluding carboxylic acids is 2. The number of hydrogen-bond acceptors (Lipinski definition) is 3. The number of hydrogen-bond donors (Lipinski definition) is 2. The Hall–Kier alpha value is -3.15. The number of anilines is 1. The second-order valence-electron chi connectivity index (χ2n) is 8.42. The summed E-state index contributed by atoms with van der Waals surface area (Å²) in [5.41, 5.74) is 2.72. The van der Waals surface area contributed by atoms with Crippen LogP contribution in [0.5, 0.6) is 0 Å². The van der Waals surface area contributed by atoms with Crippen molar-refractivity contribution in [3.63, 3.8) is 0 Å². The standard InChI is InChI=1S/C25H28N2O4/c28-23(14-7-15-24(29)30)26-16-20-18-10-4-5-12-21(18)27(22-13-6-11-19(20)22)25(31)17-8-2-1-3-9-17/h1-5,8-10,12,19-20,22H,6-7,11,13-16H2,(H,26,28)(H,29,30). The number of rotatable bonds is 7. The summed E-state index contributed by atoms with van der Waals surface area (Å²) in [6.45, 7) is 0.511. The molecule has 0 aromatic heterocycles. The van der Waals surface area contributed by atoms with Gasteiger partial charge in [-0.05, 0) is 48.9 Å². The third kappa shape index (κ3) is 4.48. The first-order chi connectivity index (χ1) is 15.1. The van der Waals surface area contributed by atoms with Crippen molar-refractivity contribution >= 4 is 23.5 Å². The average Bonchev–Trinajstić information content (AvgIpc) is 3.26. The highest BCUT2D eigenvalue weighted by atomic mass is 16.4. The fourth-order valence-corrected chi connectivity index (χ4v) is 5.14. The quantitative estimate of drug-likeness (QED) is 0.710. The molecule has 31 heavy (non-hydrogen) atoms. The number of amides is 2. The van der Waals surface area contributed by atoms with Gasteiger partial charge >= 0.3 is 5.97 Å². The molecule has 6 heteroatoms. The molecule has 4 rings (SSSR count). The van der Waals surface area contributed by atoms with E-state index in [1.54, 1.807) is 0 Å². The number of para-hydroxylation sites is 1. The van der Waals surface area contributed by atoms with Crippen LogP contribution >= 0.6 is 0 Å². The van der Waals surface area contributed by atoms with E-state index in [1.807, 2.05) is 53.4 Å². The molecule has 1 fully saturated rings. The van der Waals surface area contributed by atoms with Crippen molar-refractivity contribution in [2.45, 2.75) is 50.5 Å². The number of nitrogens with one attached hydrogen (secondary N) is 1. The summed E-state index contributed by atoms with van der Waals surface area (Å²) in [5, 5.41) is 11.8. The lowest BCUT2D eigenvalue weighted by Crippen LogP contribution is -2.49. The molecule has 0 saturated heterocycles. The van der Waals surface area contributed by atoms with E-state index in [1.165, 1.54) is 0 Å². The first-order valence-electron chi connectivity index (χ1n) is 11.0. The van der Waals surface area contributed by atoms with Crippen LogP contribution in [0, 0.1) is 5.92 Å². The van der Waals surface area contributed by atoms with Crippen LogP contribution in [0.25, 0.3) is 0 Å². The zero-order valence-corrected chi connectivity index (χ0v) is 17.5. The number of fused-ring (bicyclic) bond motifs is 2. The predicted octanol–water partition coefficient (Wildman–Crippen LogP) is 3.97. The SMILES string of the molecule is O=C(O)CCCC(=O)NCC1c2ccccc2N(C(=O)c2ccccc2)C2CCCC12. The lowest BCUT2D eigenvalue weighted by atomic mass is 9.77. The van der Waals surface area contributed by atoms with Crippen molar-refractivity contribution in [2.24, 2.45) is 5.92 Å². The molecular weight excluding hydrogens is 392 g/mol. The van der Waals surface area contributed by atoms with Crippen LogP contribution in [0.15, 0.2) is 54.6 Å². The van der Waals surface area contributed by atoms with Crippen molar-refractivity contribution in [1.82, 2.24) is 5.32 Å². The topological polar surface area (TPSA) is 86.7 Å². The van der Waals surface area contributed by atoms with Gasteiger partial charge in [-0.2, -0.15) is 0 Å². The molecule has 2 aromatic rings. The van der Waals surface area contributed by atoms with Crippen molar-refractivity contribution in [3.8, 4) is 0 Å². The van der Waals surface area contributed by atoms with Crippen LogP contribution in [0.3, 0.4) is 0 Å². The lowest BCUT2D eigenvalue weighted by Gasteiger charge is -2.44. The van der Waals surface area contributed by atoms with E-state index in [0.717, 1.165) is 30.5 Å². The van der Waals surface area contributed by atoms with Crippen molar-refractivity contribution < 1.29 is 19.5 Å².